The summed E-state index contributed by atoms with van der Waals surface area (Å²) in [4.78, 5) is 0. The van der Waals surface area contributed by atoms with E-state index in [4.69, 9.17) is 10.8 Å². The van der Waals surface area contributed by atoms with Gasteiger partial charge in [-0.2, -0.15) is 0 Å². The smallest absolute Gasteiger partial charge is 0.123 e. The van der Waals surface area contributed by atoms with Crippen LogP contribution in [0, 0.1) is 0 Å². The van der Waals surface area contributed by atoms with Crippen molar-refractivity contribution in [1.29, 1.82) is 0 Å². The number of phenols is 1. The zero-order valence-electron chi connectivity index (χ0n) is 14.0. The molecule has 0 saturated heterocycles. The molecule has 21 heavy (non-hydrogen) atoms. The summed E-state index contributed by atoms with van der Waals surface area (Å²) in [5.74, 6) is 0.366. The maximum absolute atomic E-state index is 10.6. The van der Waals surface area contributed by atoms with Crippen LogP contribution in [0.5, 0.6) is 5.75 Å². The van der Waals surface area contributed by atoms with Crippen molar-refractivity contribution in [2.75, 3.05) is 6.61 Å². The van der Waals surface area contributed by atoms with Gasteiger partial charge in [0.25, 0.3) is 0 Å². The van der Waals surface area contributed by atoms with Crippen LogP contribution in [0.3, 0.4) is 0 Å². The molecule has 0 amide bonds. The molecule has 0 aliphatic carbocycles. The number of phenolic OH excluding ortho intramolecular Hbond substituents is 1. The fourth-order valence-corrected chi connectivity index (χ4v) is 2.32. The Morgan fingerprint density at radius 2 is 1.38 bits per heavy atom. The first-order valence-corrected chi connectivity index (χ1v) is 7.22. The molecule has 4 heteroatoms. The fourth-order valence-electron chi connectivity index (χ4n) is 2.32. The molecule has 122 valence electrons. The van der Waals surface area contributed by atoms with Gasteiger partial charge in [-0.15, -0.1) is 12.4 Å². The van der Waals surface area contributed by atoms with E-state index in [1.807, 2.05) is 12.1 Å². The highest BCUT2D eigenvalue weighted by Gasteiger charge is 2.27. The van der Waals surface area contributed by atoms with Crippen molar-refractivity contribution >= 4 is 12.4 Å². The van der Waals surface area contributed by atoms with Crippen molar-refractivity contribution in [3.63, 3.8) is 0 Å². The normalized spacial score (nSPS) is 13.7. The van der Waals surface area contributed by atoms with E-state index in [2.05, 4.69) is 41.5 Å². The predicted molar refractivity (Wildman–Crippen MR) is 91.4 cm³/mol. The molecule has 0 bridgehead atoms. The molecule has 1 aromatic carbocycles. The molecule has 0 unspecified atom stereocenters. The molecule has 1 atom stereocenters. The summed E-state index contributed by atoms with van der Waals surface area (Å²) >= 11 is 0. The first-order chi connectivity index (χ1) is 8.98. The van der Waals surface area contributed by atoms with E-state index in [1.54, 1.807) is 0 Å². The zero-order chi connectivity index (χ0) is 15.7. The maximum atomic E-state index is 10.6. The minimum Gasteiger partial charge on any atom is -0.507 e. The fraction of sp³-hybridized carbons (Fsp3) is 0.647. The number of rotatable bonds is 3. The van der Waals surface area contributed by atoms with Gasteiger partial charge in [-0.05, 0) is 33.9 Å². The van der Waals surface area contributed by atoms with Gasteiger partial charge in [0.05, 0.1) is 0 Å². The summed E-state index contributed by atoms with van der Waals surface area (Å²) in [6.07, 6.45) is 0.526. The highest BCUT2D eigenvalue weighted by Crippen LogP contribution is 2.40. The van der Waals surface area contributed by atoms with Gasteiger partial charge in [0.1, 0.15) is 5.75 Å². The Kier molecular flexibility index (Phi) is 6.74. The van der Waals surface area contributed by atoms with Gasteiger partial charge in [0, 0.05) is 12.6 Å². The van der Waals surface area contributed by atoms with Crippen molar-refractivity contribution < 1.29 is 10.2 Å². The second kappa shape index (κ2) is 6.99. The number of aromatic hydroxyl groups is 1. The van der Waals surface area contributed by atoms with Crippen LogP contribution in [0.25, 0.3) is 0 Å². The molecule has 1 rings (SSSR count). The van der Waals surface area contributed by atoms with Gasteiger partial charge in [-0.3, -0.25) is 0 Å². The number of benzene rings is 1. The molecule has 0 fully saturated rings. The molecular weight excluding hydrogens is 286 g/mol. The summed E-state index contributed by atoms with van der Waals surface area (Å²) in [5.41, 5.74) is 8.63. The SMILES string of the molecule is CC(C)(C)c1cc([C@H](N)CCO)cc(C(C)(C)C)c1O.Cl. The van der Waals surface area contributed by atoms with Crippen molar-refractivity contribution in [3.8, 4) is 5.75 Å². The Labute approximate surface area is 135 Å². The lowest BCUT2D eigenvalue weighted by atomic mass is 9.77. The number of aliphatic hydroxyl groups is 1. The molecule has 0 radical (unpaired) electrons. The lowest BCUT2D eigenvalue weighted by molar-refractivity contribution is 0.276. The molecule has 3 nitrogen and oxygen atoms in total. The van der Waals surface area contributed by atoms with Crippen molar-refractivity contribution in [3.05, 3.63) is 28.8 Å². The van der Waals surface area contributed by atoms with E-state index >= 15 is 0 Å². The quantitative estimate of drug-likeness (QED) is 0.795. The van der Waals surface area contributed by atoms with E-state index in [0.29, 0.717) is 12.2 Å². The van der Waals surface area contributed by atoms with Crippen LogP contribution < -0.4 is 5.73 Å². The van der Waals surface area contributed by atoms with Crippen LogP contribution in [0.4, 0.5) is 0 Å². The highest BCUT2D eigenvalue weighted by molar-refractivity contribution is 5.85. The minimum atomic E-state index is -0.206. The first-order valence-electron chi connectivity index (χ1n) is 7.22. The van der Waals surface area contributed by atoms with E-state index in [9.17, 15) is 5.11 Å². The molecule has 0 aliphatic heterocycles. The average Bonchev–Trinajstić information content (AvgIpc) is 2.26. The summed E-state index contributed by atoms with van der Waals surface area (Å²) in [7, 11) is 0. The summed E-state index contributed by atoms with van der Waals surface area (Å²) < 4.78 is 0. The van der Waals surface area contributed by atoms with Crippen molar-refractivity contribution in [2.24, 2.45) is 5.73 Å². The van der Waals surface area contributed by atoms with Crippen LogP contribution in [-0.4, -0.2) is 16.8 Å². The first kappa shape index (κ1) is 20.2. The summed E-state index contributed by atoms with van der Waals surface area (Å²) in [6.45, 7) is 12.5. The Morgan fingerprint density at radius 1 is 1.00 bits per heavy atom. The molecule has 0 spiro atoms. The zero-order valence-corrected chi connectivity index (χ0v) is 14.8. The molecule has 4 N–H and O–H groups in total. The Bertz CT molecular complexity index is 438. The van der Waals surface area contributed by atoms with E-state index in [0.717, 1.165) is 16.7 Å². The lowest BCUT2D eigenvalue weighted by Gasteiger charge is -2.29. The maximum Gasteiger partial charge on any atom is 0.123 e. The molecule has 0 saturated carbocycles. The third kappa shape index (κ3) is 4.87. The Hall–Kier alpha value is -0.770. The molecule has 0 heterocycles. The average molecular weight is 316 g/mol. The predicted octanol–water partition coefficient (Wildman–Crippen LogP) is 3.79. The van der Waals surface area contributed by atoms with Gasteiger partial charge in [-0.1, -0.05) is 53.7 Å². The van der Waals surface area contributed by atoms with Crippen molar-refractivity contribution in [1.82, 2.24) is 0 Å². The van der Waals surface area contributed by atoms with Crippen LogP contribution >= 0.6 is 12.4 Å². The van der Waals surface area contributed by atoms with Crippen LogP contribution in [0.1, 0.15) is 70.7 Å². The monoisotopic (exact) mass is 315 g/mol. The second-order valence-electron chi connectivity index (χ2n) is 7.58. The van der Waals surface area contributed by atoms with Gasteiger partial charge < -0.3 is 15.9 Å². The highest BCUT2D eigenvalue weighted by atomic mass is 35.5. The number of aliphatic hydroxyl groups excluding tert-OH is 1. The summed E-state index contributed by atoms with van der Waals surface area (Å²) in [6, 6.07) is 3.75. The number of hydrogen-bond acceptors (Lipinski definition) is 3. The summed E-state index contributed by atoms with van der Waals surface area (Å²) in [5, 5.41) is 19.7. The van der Waals surface area contributed by atoms with Gasteiger partial charge in [-0.25, -0.2) is 0 Å². The third-order valence-electron chi connectivity index (χ3n) is 3.62. The standard InChI is InChI=1S/C17H29NO2.ClH/c1-16(2,3)12-9-11(14(18)7-8-19)10-13(15(12)20)17(4,5)6;/h9-10,14,19-20H,7-8,18H2,1-6H3;1H/t14-;/m1./s1. The third-order valence-corrected chi connectivity index (χ3v) is 3.62. The number of hydrogen-bond donors (Lipinski definition) is 3. The number of halogens is 1. The van der Waals surface area contributed by atoms with Crippen LogP contribution in [0.15, 0.2) is 12.1 Å². The van der Waals surface area contributed by atoms with E-state index in [1.165, 1.54) is 0 Å². The van der Waals surface area contributed by atoms with Gasteiger partial charge in [0.2, 0.25) is 0 Å². The van der Waals surface area contributed by atoms with Crippen LogP contribution in [0.2, 0.25) is 0 Å². The van der Waals surface area contributed by atoms with Crippen molar-refractivity contribution in [2.45, 2.75) is 64.8 Å². The number of nitrogens with two attached hydrogens (primary N) is 1. The molecule has 0 aromatic heterocycles. The van der Waals surface area contributed by atoms with Crippen LogP contribution in [-0.2, 0) is 10.8 Å². The van der Waals surface area contributed by atoms with Gasteiger partial charge in [0.15, 0.2) is 0 Å². The van der Waals surface area contributed by atoms with Gasteiger partial charge >= 0.3 is 0 Å². The minimum absolute atomic E-state index is 0. The lowest BCUT2D eigenvalue weighted by Crippen LogP contribution is -2.20. The topological polar surface area (TPSA) is 66.5 Å². The Balaban J connectivity index is 0.00000400. The second-order valence-corrected chi connectivity index (χ2v) is 7.58. The van der Waals surface area contributed by atoms with E-state index < -0.39 is 0 Å². The van der Waals surface area contributed by atoms with E-state index in [-0.39, 0.29) is 35.9 Å². The largest absolute Gasteiger partial charge is 0.507 e. The molecule has 0 aliphatic rings. The Morgan fingerprint density at radius 3 is 1.67 bits per heavy atom. The molecular formula is C17H30ClNO2. The molecule has 1 aromatic rings.